The highest BCUT2D eigenvalue weighted by Gasteiger charge is 2.36. The normalized spacial score (nSPS) is 20.1. The summed E-state index contributed by atoms with van der Waals surface area (Å²) in [5, 5.41) is 12.6. The Morgan fingerprint density at radius 3 is 2.78 bits per heavy atom. The van der Waals surface area contributed by atoms with Crippen molar-refractivity contribution >= 4 is 16.8 Å². The lowest BCUT2D eigenvalue weighted by Crippen LogP contribution is -2.42. The largest absolute Gasteiger partial charge is 0.393 e. The van der Waals surface area contributed by atoms with Gasteiger partial charge in [-0.3, -0.25) is 14.6 Å². The second-order valence-corrected chi connectivity index (χ2v) is 6.78. The van der Waals surface area contributed by atoms with Crippen molar-refractivity contribution < 1.29 is 14.3 Å². The molecular weight excluding hydrogens is 349 g/mol. The summed E-state index contributed by atoms with van der Waals surface area (Å²) >= 11 is 0. The van der Waals surface area contributed by atoms with Crippen LogP contribution in [0.15, 0.2) is 53.6 Å². The Bertz CT molecular complexity index is 1050. The Kier molecular flexibility index (Phi) is 4.45. The number of hydrogen-bond acceptors (Lipinski definition) is 4. The number of nitrogens with one attached hydrogen (secondary N) is 2. The van der Waals surface area contributed by atoms with Crippen LogP contribution in [0.5, 0.6) is 0 Å². The third kappa shape index (κ3) is 3.21. The van der Waals surface area contributed by atoms with Crippen LogP contribution in [0.25, 0.3) is 10.9 Å². The molecule has 1 aliphatic carbocycles. The van der Waals surface area contributed by atoms with Crippen LogP contribution in [-0.4, -0.2) is 27.1 Å². The number of amides is 1. The lowest BCUT2D eigenvalue weighted by Gasteiger charge is -2.37. The molecule has 138 valence electrons. The quantitative estimate of drug-likeness (QED) is 0.659. The van der Waals surface area contributed by atoms with Gasteiger partial charge in [-0.2, -0.15) is 0 Å². The number of halogens is 1. The van der Waals surface area contributed by atoms with Crippen LogP contribution in [0.4, 0.5) is 4.39 Å². The lowest BCUT2D eigenvalue weighted by atomic mass is 9.76. The summed E-state index contributed by atoms with van der Waals surface area (Å²) in [6, 6.07) is 9.15. The number of aliphatic hydroxyl groups is 1. The minimum absolute atomic E-state index is 0.0378. The number of para-hydroxylation sites is 1. The average molecular weight is 367 g/mol. The third-order valence-corrected chi connectivity index (χ3v) is 5.02. The van der Waals surface area contributed by atoms with Crippen LogP contribution in [0, 0.1) is 11.7 Å². The predicted molar refractivity (Wildman–Crippen MR) is 97.7 cm³/mol. The molecule has 6 nitrogen and oxygen atoms in total. The molecule has 0 saturated heterocycles. The topological polar surface area (TPSA) is 95.1 Å². The molecule has 3 N–H and O–H groups in total. The van der Waals surface area contributed by atoms with Gasteiger partial charge >= 0.3 is 0 Å². The van der Waals surface area contributed by atoms with Gasteiger partial charge in [-0.1, -0.05) is 12.1 Å². The first-order valence-corrected chi connectivity index (χ1v) is 8.74. The van der Waals surface area contributed by atoms with Gasteiger partial charge in [0.05, 0.1) is 23.4 Å². The van der Waals surface area contributed by atoms with Crippen molar-refractivity contribution in [1.29, 1.82) is 0 Å². The summed E-state index contributed by atoms with van der Waals surface area (Å²) in [5.74, 6) is -1.07. The molecule has 1 aliphatic rings. The van der Waals surface area contributed by atoms with E-state index in [-0.39, 0.29) is 28.5 Å². The first kappa shape index (κ1) is 17.4. The molecule has 1 aromatic carbocycles. The van der Waals surface area contributed by atoms with E-state index in [1.807, 2.05) is 6.07 Å². The Labute approximate surface area is 154 Å². The molecular formula is C20H18FN3O3. The molecule has 7 heteroatoms. The highest BCUT2D eigenvalue weighted by molar-refractivity contribution is 5.97. The number of aromatic amines is 1. The first-order valence-electron chi connectivity index (χ1n) is 8.74. The Morgan fingerprint density at radius 1 is 1.26 bits per heavy atom. The third-order valence-electron chi connectivity index (χ3n) is 5.02. The van der Waals surface area contributed by atoms with Crippen molar-refractivity contribution in [2.24, 2.45) is 5.92 Å². The molecule has 0 spiro atoms. The smallest absolute Gasteiger partial charge is 0.257 e. The zero-order chi connectivity index (χ0) is 19.0. The van der Waals surface area contributed by atoms with Gasteiger partial charge in [0, 0.05) is 17.8 Å². The Balaban J connectivity index is 1.66. The number of fused-ring (bicyclic) bond motifs is 1. The van der Waals surface area contributed by atoms with E-state index in [4.69, 9.17) is 0 Å². The number of rotatable bonds is 4. The minimum Gasteiger partial charge on any atom is -0.393 e. The molecule has 27 heavy (non-hydrogen) atoms. The van der Waals surface area contributed by atoms with E-state index in [0.717, 1.165) is 0 Å². The molecule has 0 unspecified atom stereocenters. The van der Waals surface area contributed by atoms with E-state index in [2.05, 4.69) is 15.3 Å². The van der Waals surface area contributed by atoms with E-state index in [1.54, 1.807) is 18.3 Å². The summed E-state index contributed by atoms with van der Waals surface area (Å²) in [6.07, 6.45) is 3.59. The number of aliphatic hydroxyl groups excluding tert-OH is 1. The number of H-pyrrole nitrogens is 1. The van der Waals surface area contributed by atoms with Crippen LogP contribution in [0.3, 0.4) is 0 Å². The molecule has 1 fully saturated rings. The van der Waals surface area contributed by atoms with Crippen LogP contribution in [0.1, 0.15) is 34.9 Å². The second kappa shape index (κ2) is 6.92. The maximum atomic E-state index is 13.8. The zero-order valence-corrected chi connectivity index (χ0v) is 14.4. The van der Waals surface area contributed by atoms with Crippen LogP contribution in [0.2, 0.25) is 0 Å². The van der Waals surface area contributed by atoms with Gasteiger partial charge in [-0.05, 0) is 43.0 Å². The van der Waals surface area contributed by atoms with Crippen molar-refractivity contribution in [3.63, 3.8) is 0 Å². The Morgan fingerprint density at radius 2 is 2.07 bits per heavy atom. The maximum Gasteiger partial charge on any atom is 0.257 e. The van der Waals surface area contributed by atoms with Gasteiger partial charge in [0.2, 0.25) is 5.43 Å². The Hall–Kier alpha value is -3.06. The molecule has 0 bridgehead atoms. The molecule has 4 rings (SSSR count). The predicted octanol–water partition coefficient (Wildman–Crippen LogP) is 2.30. The monoisotopic (exact) mass is 367 g/mol. The average Bonchev–Trinajstić information content (AvgIpc) is 2.65. The van der Waals surface area contributed by atoms with E-state index < -0.39 is 23.2 Å². The van der Waals surface area contributed by atoms with Gasteiger partial charge in [-0.15, -0.1) is 0 Å². The fourth-order valence-electron chi connectivity index (χ4n) is 3.50. The number of carbonyl (C=O) groups excluding carboxylic acids is 1. The summed E-state index contributed by atoms with van der Waals surface area (Å²) in [5.41, 5.74) is 0.122. The van der Waals surface area contributed by atoms with Gasteiger partial charge < -0.3 is 15.4 Å². The van der Waals surface area contributed by atoms with Gasteiger partial charge in [0.15, 0.2) is 0 Å². The number of benzene rings is 1. The summed E-state index contributed by atoms with van der Waals surface area (Å²) in [4.78, 5) is 32.4. The highest BCUT2D eigenvalue weighted by Crippen LogP contribution is 2.37. The number of aromatic nitrogens is 2. The summed E-state index contributed by atoms with van der Waals surface area (Å²) < 4.78 is 13.8. The van der Waals surface area contributed by atoms with Crippen molar-refractivity contribution in [1.82, 2.24) is 15.3 Å². The second-order valence-electron chi connectivity index (χ2n) is 6.78. The van der Waals surface area contributed by atoms with Crippen molar-refractivity contribution in [3.8, 4) is 0 Å². The molecule has 3 aromatic rings. The molecule has 1 saturated carbocycles. The van der Waals surface area contributed by atoms with Crippen molar-refractivity contribution in [2.75, 3.05) is 0 Å². The first-order chi connectivity index (χ1) is 13.0. The van der Waals surface area contributed by atoms with Crippen LogP contribution in [-0.2, 0) is 0 Å². The minimum atomic E-state index is -0.556. The van der Waals surface area contributed by atoms with Gasteiger partial charge in [0.1, 0.15) is 11.4 Å². The van der Waals surface area contributed by atoms with E-state index in [1.165, 1.54) is 24.4 Å². The zero-order valence-electron chi connectivity index (χ0n) is 14.4. The standard InChI is InChI=1S/C20H18FN3O3/c21-15-5-3-4-13-18(15)23-10-14(19(13)26)20(27)24-17(11-8-12(25)9-11)16-6-1-2-7-22-16/h1-7,10-12,17,25H,8-9H2,(H,23,26)(H,24,27)/t11?,12?,17-/m1/s1. The lowest BCUT2D eigenvalue weighted by molar-refractivity contribution is 0.0228. The SMILES string of the molecule is O=C(N[C@@H](c1ccccn1)C1CC(O)C1)c1c[nH]c2c(F)cccc2c1=O. The summed E-state index contributed by atoms with van der Waals surface area (Å²) in [6.45, 7) is 0. The molecule has 0 radical (unpaired) electrons. The van der Waals surface area contributed by atoms with E-state index >= 15 is 0 Å². The highest BCUT2D eigenvalue weighted by atomic mass is 19.1. The van der Waals surface area contributed by atoms with E-state index in [9.17, 15) is 19.1 Å². The summed E-state index contributed by atoms with van der Waals surface area (Å²) in [7, 11) is 0. The van der Waals surface area contributed by atoms with Crippen molar-refractivity contribution in [3.05, 3.63) is 76.1 Å². The van der Waals surface area contributed by atoms with E-state index in [0.29, 0.717) is 18.5 Å². The molecule has 0 aliphatic heterocycles. The fraction of sp³-hybridized carbons (Fsp3) is 0.250. The van der Waals surface area contributed by atoms with Gasteiger partial charge in [0.25, 0.3) is 5.91 Å². The number of carbonyl (C=O) groups is 1. The molecule has 2 heterocycles. The number of hydrogen-bond donors (Lipinski definition) is 3. The van der Waals surface area contributed by atoms with Crippen molar-refractivity contribution in [2.45, 2.75) is 25.0 Å². The number of nitrogens with zero attached hydrogens (tertiary/aromatic N) is 1. The fourth-order valence-corrected chi connectivity index (χ4v) is 3.50. The molecule has 1 amide bonds. The number of pyridine rings is 2. The van der Waals surface area contributed by atoms with Crippen LogP contribution < -0.4 is 10.7 Å². The molecule has 1 atom stereocenters. The van der Waals surface area contributed by atoms with Gasteiger partial charge in [-0.25, -0.2) is 4.39 Å². The van der Waals surface area contributed by atoms with Crippen LogP contribution >= 0.6 is 0 Å². The molecule has 2 aromatic heterocycles. The maximum absolute atomic E-state index is 13.8.